The molecule has 4 aromatic rings. The van der Waals surface area contributed by atoms with Gasteiger partial charge in [-0.2, -0.15) is 0 Å². The van der Waals surface area contributed by atoms with E-state index in [1.54, 1.807) is 24.3 Å². The maximum atomic E-state index is 13.0. The molecule has 168 valence electrons. The molecule has 33 heavy (non-hydrogen) atoms. The maximum Gasteiger partial charge on any atom is 0.237 e. The number of rotatable bonds is 7. The lowest BCUT2D eigenvalue weighted by Crippen LogP contribution is -2.25. The van der Waals surface area contributed by atoms with Crippen molar-refractivity contribution in [2.24, 2.45) is 0 Å². The minimum Gasteiger partial charge on any atom is -0.325 e. The van der Waals surface area contributed by atoms with Crippen molar-refractivity contribution in [2.45, 2.75) is 30.7 Å². The van der Waals surface area contributed by atoms with Crippen LogP contribution < -0.4 is 5.32 Å². The molecule has 1 N–H and O–H groups in total. The largest absolute Gasteiger partial charge is 0.325 e. The van der Waals surface area contributed by atoms with Gasteiger partial charge >= 0.3 is 0 Å². The van der Waals surface area contributed by atoms with Crippen molar-refractivity contribution < 1.29 is 4.79 Å². The molecule has 0 saturated heterocycles. The number of carbonyl (C=O) groups excluding carboxylic acids is 1. The second kappa shape index (κ2) is 10.4. The van der Waals surface area contributed by atoms with Gasteiger partial charge in [-0.1, -0.05) is 72.2 Å². The van der Waals surface area contributed by atoms with Crippen LogP contribution in [-0.4, -0.2) is 25.9 Å². The Labute approximate surface area is 207 Å². The molecule has 5 nitrogen and oxygen atoms in total. The zero-order valence-corrected chi connectivity index (χ0v) is 20.5. The third kappa shape index (κ3) is 5.41. The molecule has 1 aromatic heterocycles. The van der Waals surface area contributed by atoms with Crippen LogP contribution in [0.1, 0.15) is 18.9 Å². The fraction of sp³-hybridized carbons (Fsp3) is 0.160. The van der Waals surface area contributed by atoms with Gasteiger partial charge in [-0.05, 0) is 61.4 Å². The van der Waals surface area contributed by atoms with E-state index >= 15 is 0 Å². The summed E-state index contributed by atoms with van der Waals surface area (Å²) in [5.74, 6) is 0.561. The van der Waals surface area contributed by atoms with Gasteiger partial charge in [0.05, 0.1) is 5.25 Å². The van der Waals surface area contributed by atoms with Gasteiger partial charge in [0.15, 0.2) is 11.0 Å². The lowest BCUT2D eigenvalue weighted by atomic mass is 10.1. The molecule has 0 saturated carbocycles. The van der Waals surface area contributed by atoms with E-state index in [1.165, 1.54) is 11.8 Å². The first-order valence-electron chi connectivity index (χ1n) is 10.5. The van der Waals surface area contributed by atoms with Gasteiger partial charge in [0, 0.05) is 27.0 Å². The Morgan fingerprint density at radius 1 is 1.03 bits per heavy atom. The molecule has 3 aromatic carbocycles. The van der Waals surface area contributed by atoms with Crippen LogP contribution in [-0.2, 0) is 4.79 Å². The molecule has 1 atom stereocenters. The van der Waals surface area contributed by atoms with Crippen LogP contribution >= 0.6 is 35.0 Å². The van der Waals surface area contributed by atoms with E-state index in [4.69, 9.17) is 23.2 Å². The summed E-state index contributed by atoms with van der Waals surface area (Å²) in [5, 5.41) is 13.4. The fourth-order valence-corrected chi connectivity index (χ4v) is 4.56. The number of hydrogen-bond donors (Lipinski definition) is 1. The number of nitrogens with zero attached hydrogens (tertiary/aromatic N) is 3. The lowest BCUT2D eigenvalue weighted by Gasteiger charge is -2.16. The van der Waals surface area contributed by atoms with Gasteiger partial charge in [0.25, 0.3) is 0 Å². The summed E-state index contributed by atoms with van der Waals surface area (Å²) in [6.07, 6.45) is 0.622. The number of hydrogen-bond acceptors (Lipinski definition) is 4. The topological polar surface area (TPSA) is 59.8 Å². The van der Waals surface area contributed by atoms with Crippen molar-refractivity contribution in [1.82, 2.24) is 14.8 Å². The fourth-order valence-electron chi connectivity index (χ4n) is 3.28. The lowest BCUT2D eigenvalue weighted by molar-refractivity contribution is -0.115. The maximum absolute atomic E-state index is 13.0. The normalized spacial score (nSPS) is 11.9. The molecule has 0 aliphatic heterocycles. The number of anilines is 1. The Morgan fingerprint density at radius 2 is 1.76 bits per heavy atom. The monoisotopic (exact) mass is 496 g/mol. The first kappa shape index (κ1) is 23.4. The average Bonchev–Trinajstić information content (AvgIpc) is 3.24. The van der Waals surface area contributed by atoms with Crippen LogP contribution in [0, 0.1) is 6.92 Å². The van der Waals surface area contributed by atoms with Gasteiger partial charge in [0.1, 0.15) is 0 Å². The predicted molar refractivity (Wildman–Crippen MR) is 137 cm³/mol. The summed E-state index contributed by atoms with van der Waals surface area (Å²) < 4.78 is 1.96. The molecule has 0 aliphatic rings. The zero-order chi connectivity index (χ0) is 23.4. The van der Waals surface area contributed by atoms with Crippen LogP contribution in [0.5, 0.6) is 0 Å². The smallest absolute Gasteiger partial charge is 0.237 e. The quantitative estimate of drug-likeness (QED) is 0.278. The van der Waals surface area contributed by atoms with E-state index in [2.05, 4.69) is 15.5 Å². The summed E-state index contributed by atoms with van der Waals surface area (Å²) >= 11 is 13.7. The highest BCUT2D eigenvalue weighted by atomic mass is 35.5. The third-order valence-electron chi connectivity index (χ3n) is 5.10. The molecule has 0 radical (unpaired) electrons. The molecule has 0 spiro atoms. The van der Waals surface area contributed by atoms with Gasteiger partial charge in [-0.25, -0.2) is 0 Å². The SMILES string of the molecule is CCC(Sc1nnc(-c2ccc(C)c(Cl)c2)n1-c1ccccc1)C(=O)Nc1ccc(Cl)cc1. The summed E-state index contributed by atoms with van der Waals surface area (Å²) in [6, 6.07) is 22.7. The summed E-state index contributed by atoms with van der Waals surface area (Å²) in [4.78, 5) is 13.0. The van der Waals surface area contributed by atoms with Gasteiger partial charge < -0.3 is 5.32 Å². The number of benzene rings is 3. The third-order valence-corrected chi connectivity index (χ3v) is 7.07. The highest BCUT2D eigenvalue weighted by Gasteiger charge is 2.24. The van der Waals surface area contributed by atoms with Gasteiger partial charge in [-0.3, -0.25) is 9.36 Å². The number of amides is 1. The van der Waals surface area contributed by atoms with Crippen molar-refractivity contribution in [3.8, 4) is 17.1 Å². The standard InChI is InChI=1S/C25H22Cl2N4OS/c1-3-22(24(32)28-19-13-11-18(26)12-14-19)33-25-30-29-23(17-10-9-16(2)21(27)15-17)31(25)20-7-5-4-6-8-20/h4-15,22H,3H2,1-2H3,(H,28,32). The molecule has 0 aliphatic carbocycles. The Kier molecular flexibility index (Phi) is 7.38. The highest BCUT2D eigenvalue weighted by Crippen LogP contribution is 2.33. The first-order chi connectivity index (χ1) is 16.0. The van der Waals surface area contributed by atoms with Crippen molar-refractivity contribution in [1.29, 1.82) is 0 Å². The van der Waals surface area contributed by atoms with Crippen LogP contribution in [0.4, 0.5) is 5.69 Å². The first-order valence-corrected chi connectivity index (χ1v) is 12.1. The zero-order valence-electron chi connectivity index (χ0n) is 18.1. The summed E-state index contributed by atoms with van der Waals surface area (Å²) in [5.41, 5.74) is 3.45. The Balaban J connectivity index is 1.67. The number of aromatic nitrogens is 3. The number of halogens is 2. The van der Waals surface area contributed by atoms with Crippen molar-refractivity contribution in [3.63, 3.8) is 0 Å². The summed E-state index contributed by atoms with van der Waals surface area (Å²) in [6.45, 7) is 3.93. The Hall–Kier alpha value is -2.80. The van der Waals surface area contributed by atoms with E-state index in [9.17, 15) is 4.79 Å². The van der Waals surface area contributed by atoms with Crippen molar-refractivity contribution in [2.75, 3.05) is 5.32 Å². The van der Waals surface area contributed by atoms with E-state index in [0.717, 1.165) is 16.8 Å². The molecule has 1 amide bonds. The molecule has 0 fully saturated rings. The number of thioether (sulfide) groups is 1. The van der Waals surface area contributed by atoms with Gasteiger partial charge in [-0.15, -0.1) is 10.2 Å². The highest BCUT2D eigenvalue weighted by molar-refractivity contribution is 8.00. The summed E-state index contributed by atoms with van der Waals surface area (Å²) in [7, 11) is 0. The minimum atomic E-state index is -0.359. The molecule has 4 rings (SSSR count). The van der Waals surface area contributed by atoms with Crippen LogP contribution in [0.15, 0.2) is 78.0 Å². The van der Waals surface area contributed by atoms with E-state index in [1.807, 2.05) is 66.9 Å². The van der Waals surface area contributed by atoms with Crippen LogP contribution in [0.3, 0.4) is 0 Å². The number of para-hydroxylation sites is 1. The number of aryl methyl sites for hydroxylation is 1. The van der Waals surface area contributed by atoms with Crippen LogP contribution in [0.25, 0.3) is 17.1 Å². The van der Waals surface area contributed by atoms with E-state index in [-0.39, 0.29) is 11.2 Å². The minimum absolute atomic E-state index is 0.104. The Bertz CT molecular complexity index is 1260. The molecular formula is C25H22Cl2N4OS. The van der Waals surface area contributed by atoms with E-state index < -0.39 is 0 Å². The van der Waals surface area contributed by atoms with Crippen LogP contribution in [0.2, 0.25) is 10.0 Å². The second-order valence-electron chi connectivity index (χ2n) is 7.45. The molecule has 1 heterocycles. The van der Waals surface area contributed by atoms with E-state index in [0.29, 0.717) is 33.1 Å². The second-order valence-corrected chi connectivity index (χ2v) is 9.47. The number of carbonyl (C=O) groups is 1. The van der Waals surface area contributed by atoms with Crippen molar-refractivity contribution in [3.05, 3.63) is 88.4 Å². The van der Waals surface area contributed by atoms with Gasteiger partial charge in [0.2, 0.25) is 5.91 Å². The molecule has 1 unspecified atom stereocenters. The molecule has 8 heteroatoms. The molecular weight excluding hydrogens is 475 g/mol. The average molecular weight is 497 g/mol. The molecule has 0 bridgehead atoms. The van der Waals surface area contributed by atoms with Crippen molar-refractivity contribution >= 4 is 46.6 Å². The number of nitrogens with one attached hydrogen (secondary N) is 1. The predicted octanol–water partition coefficient (Wildman–Crippen LogP) is 7.06. The Morgan fingerprint density at radius 3 is 2.42 bits per heavy atom.